The second kappa shape index (κ2) is 10.3. The zero-order valence-corrected chi connectivity index (χ0v) is 15.6. The van der Waals surface area contributed by atoms with Crippen LogP contribution in [0.3, 0.4) is 0 Å². The minimum absolute atomic E-state index is 0.0830. The third kappa shape index (κ3) is 6.73. The van der Waals surface area contributed by atoms with Gasteiger partial charge in [-0.3, -0.25) is 9.59 Å². The van der Waals surface area contributed by atoms with Gasteiger partial charge in [-0.05, 0) is 62.2 Å². The zero-order chi connectivity index (χ0) is 19.6. The molecule has 0 aromatic heterocycles. The second-order valence-corrected chi connectivity index (χ2v) is 6.16. The number of ether oxygens (including phenoxy) is 1. The van der Waals surface area contributed by atoms with Gasteiger partial charge in [0, 0.05) is 18.5 Å². The molecule has 27 heavy (non-hydrogen) atoms. The number of nitrogens with one attached hydrogen (secondary N) is 2. The third-order valence-electron chi connectivity index (χ3n) is 4.02. The average Bonchev–Trinajstić information content (AvgIpc) is 2.66. The highest BCUT2D eigenvalue weighted by atomic mass is 19.1. The van der Waals surface area contributed by atoms with E-state index in [0.717, 1.165) is 11.3 Å². The van der Waals surface area contributed by atoms with Crippen molar-refractivity contribution >= 4 is 11.8 Å². The quantitative estimate of drug-likeness (QED) is 0.661. The van der Waals surface area contributed by atoms with Crippen LogP contribution in [0.4, 0.5) is 4.39 Å². The lowest BCUT2D eigenvalue weighted by Gasteiger charge is -2.15. The summed E-state index contributed by atoms with van der Waals surface area (Å²) in [5.74, 6) is 0.0283. The van der Waals surface area contributed by atoms with Crippen molar-refractivity contribution in [2.75, 3.05) is 13.2 Å². The predicted octanol–water partition coefficient (Wildman–Crippen LogP) is 3.61. The average molecular weight is 372 g/mol. The fourth-order valence-corrected chi connectivity index (χ4v) is 2.59. The Hall–Kier alpha value is -2.89. The van der Waals surface area contributed by atoms with Gasteiger partial charge in [-0.15, -0.1) is 0 Å². The molecule has 6 heteroatoms. The molecule has 0 aliphatic rings. The first kappa shape index (κ1) is 20.4. The van der Waals surface area contributed by atoms with E-state index in [0.29, 0.717) is 31.6 Å². The van der Waals surface area contributed by atoms with E-state index in [1.807, 2.05) is 38.1 Å². The molecule has 144 valence electrons. The molecule has 2 amide bonds. The van der Waals surface area contributed by atoms with Gasteiger partial charge in [-0.25, -0.2) is 4.39 Å². The van der Waals surface area contributed by atoms with Crippen LogP contribution >= 0.6 is 0 Å². The van der Waals surface area contributed by atoms with Crippen molar-refractivity contribution in [3.63, 3.8) is 0 Å². The summed E-state index contributed by atoms with van der Waals surface area (Å²) in [6.45, 7) is 4.80. The summed E-state index contributed by atoms with van der Waals surface area (Å²) in [6.07, 6.45) is 0.823. The van der Waals surface area contributed by atoms with Gasteiger partial charge in [0.15, 0.2) is 0 Å². The third-order valence-corrected chi connectivity index (χ3v) is 4.02. The van der Waals surface area contributed by atoms with Crippen LogP contribution in [0, 0.1) is 5.82 Å². The summed E-state index contributed by atoms with van der Waals surface area (Å²) in [6, 6.07) is 12.8. The molecule has 2 N–H and O–H groups in total. The number of hydrogen-bond donors (Lipinski definition) is 2. The SMILES string of the molecule is CCOc1cccc(C(C)NC(=O)CCCNC(=O)c2ccc(F)cc2)c1. The van der Waals surface area contributed by atoms with Crippen molar-refractivity contribution in [3.8, 4) is 5.75 Å². The maximum Gasteiger partial charge on any atom is 0.251 e. The Bertz CT molecular complexity index is 762. The van der Waals surface area contributed by atoms with Gasteiger partial charge in [0.25, 0.3) is 5.91 Å². The fraction of sp³-hybridized carbons (Fsp3) is 0.333. The van der Waals surface area contributed by atoms with E-state index in [1.54, 1.807) is 0 Å². The van der Waals surface area contributed by atoms with E-state index < -0.39 is 0 Å². The molecule has 0 aliphatic heterocycles. The van der Waals surface area contributed by atoms with E-state index >= 15 is 0 Å². The van der Waals surface area contributed by atoms with Crippen molar-refractivity contribution in [2.45, 2.75) is 32.7 Å². The molecule has 0 fully saturated rings. The van der Waals surface area contributed by atoms with Crippen LogP contribution in [0.15, 0.2) is 48.5 Å². The summed E-state index contributed by atoms with van der Waals surface area (Å²) in [7, 11) is 0. The van der Waals surface area contributed by atoms with E-state index in [9.17, 15) is 14.0 Å². The molecular formula is C21H25FN2O3. The highest BCUT2D eigenvalue weighted by Gasteiger charge is 2.11. The molecule has 1 unspecified atom stereocenters. The van der Waals surface area contributed by atoms with E-state index in [-0.39, 0.29) is 23.7 Å². The molecule has 0 radical (unpaired) electrons. The molecular weight excluding hydrogens is 347 g/mol. The molecule has 0 aliphatic carbocycles. The van der Waals surface area contributed by atoms with Crippen molar-refractivity contribution in [3.05, 3.63) is 65.5 Å². The molecule has 2 rings (SSSR count). The van der Waals surface area contributed by atoms with Crippen LogP contribution in [-0.4, -0.2) is 25.0 Å². The van der Waals surface area contributed by atoms with E-state index in [2.05, 4.69) is 10.6 Å². The molecule has 0 saturated heterocycles. The minimum atomic E-state index is -0.385. The fourth-order valence-electron chi connectivity index (χ4n) is 2.59. The lowest BCUT2D eigenvalue weighted by molar-refractivity contribution is -0.121. The Morgan fingerprint density at radius 3 is 2.59 bits per heavy atom. The Balaban J connectivity index is 1.72. The van der Waals surface area contributed by atoms with Gasteiger partial charge < -0.3 is 15.4 Å². The summed E-state index contributed by atoms with van der Waals surface area (Å²) in [5, 5.41) is 5.67. The number of benzene rings is 2. The monoisotopic (exact) mass is 372 g/mol. The molecule has 2 aromatic rings. The number of rotatable bonds is 9. The number of halogens is 1. The second-order valence-electron chi connectivity index (χ2n) is 6.16. The minimum Gasteiger partial charge on any atom is -0.494 e. The summed E-state index contributed by atoms with van der Waals surface area (Å²) < 4.78 is 18.3. The molecule has 0 spiro atoms. The normalized spacial score (nSPS) is 11.5. The van der Waals surface area contributed by atoms with Crippen LogP contribution in [0.2, 0.25) is 0 Å². The summed E-state index contributed by atoms with van der Waals surface area (Å²) in [4.78, 5) is 24.0. The molecule has 0 saturated carbocycles. The number of carbonyl (C=O) groups excluding carboxylic acids is 2. The Morgan fingerprint density at radius 1 is 1.15 bits per heavy atom. The molecule has 0 heterocycles. The maximum absolute atomic E-state index is 12.8. The largest absolute Gasteiger partial charge is 0.494 e. The first-order valence-corrected chi connectivity index (χ1v) is 9.05. The topological polar surface area (TPSA) is 67.4 Å². The van der Waals surface area contributed by atoms with E-state index in [1.165, 1.54) is 24.3 Å². The predicted molar refractivity (Wildman–Crippen MR) is 102 cm³/mol. The summed E-state index contributed by atoms with van der Waals surface area (Å²) >= 11 is 0. The lowest BCUT2D eigenvalue weighted by atomic mass is 10.1. The Labute approximate surface area is 158 Å². The van der Waals surface area contributed by atoms with Crippen LogP contribution in [0.5, 0.6) is 5.75 Å². The van der Waals surface area contributed by atoms with Gasteiger partial charge in [-0.2, -0.15) is 0 Å². The van der Waals surface area contributed by atoms with Crippen molar-refractivity contribution in [1.29, 1.82) is 0 Å². The standard InChI is InChI=1S/C21H25FN2O3/c1-3-27-19-7-4-6-17(14-19)15(2)24-20(25)8-5-13-23-21(26)16-9-11-18(22)12-10-16/h4,6-7,9-12,14-15H,3,5,8,13H2,1-2H3,(H,23,26)(H,24,25). The lowest BCUT2D eigenvalue weighted by Crippen LogP contribution is -2.29. The van der Waals surface area contributed by atoms with Crippen LogP contribution in [-0.2, 0) is 4.79 Å². The van der Waals surface area contributed by atoms with Crippen LogP contribution in [0.1, 0.15) is 48.7 Å². The maximum atomic E-state index is 12.8. The smallest absolute Gasteiger partial charge is 0.251 e. The van der Waals surface area contributed by atoms with Gasteiger partial charge in [0.1, 0.15) is 11.6 Å². The van der Waals surface area contributed by atoms with Crippen molar-refractivity contribution < 1.29 is 18.7 Å². The van der Waals surface area contributed by atoms with E-state index in [4.69, 9.17) is 4.74 Å². The van der Waals surface area contributed by atoms with Gasteiger partial charge in [-0.1, -0.05) is 12.1 Å². The van der Waals surface area contributed by atoms with Crippen LogP contribution in [0.25, 0.3) is 0 Å². The number of carbonyl (C=O) groups is 2. The molecule has 5 nitrogen and oxygen atoms in total. The zero-order valence-electron chi connectivity index (χ0n) is 15.6. The van der Waals surface area contributed by atoms with Crippen LogP contribution < -0.4 is 15.4 Å². The van der Waals surface area contributed by atoms with Gasteiger partial charge in [0.05, 0.1) is 12.6 Å². The Kier molecular flexibility index (Phi) is 7.79. The Morgan fingerprint density at radius 2 is 1.89 bits per heavy atom. The van der Waals surface area contributed by atoms with Crippen molar-refractivity contribution in [2.24, 2.45) is 0 Å². The first-order valence-electron chi connectivity index (χ1n) is 9.05. The number of amides is 2. The summed E-state index contributed by atoms with van der Waals surface area (Å²) in [5.41, 5.74) is 1.36. The van der Waals surface area contributed by atoms with Crippen molar-refractivity contribution in [1.82, 2.24) is 10.6 Å². The highest BCUT2D eigenvalue weighted by Crippen LogP contribution is 2.19. The molecule has 0 bridgehead atoms. The first-order chi connectivity index (χ1) is 13.0. The van der Waals surface area contributed by atoms with Gasteiger partial charge >= 0.3 is 0 Å². The molecule has 1 atom stereocenters. The van der Waals surface area contributed by atoms with Gasteiger partial charge in [0.2, 0.25) is 5.91 Å². The molecule has 2 aromatic carbocycles. The highest BCUT2D eigenvalue weighted by molar-refractivity contribution is 5.94. The number of hydrogen-bond acceptors (Lipinski definition) is 3.